The first-order valence-electron chi connectivity index (χ1n) is 6.83. The number of hydrogen-bond acceptors (Lipinski definition) is 6. The summed E-state index contributed by atoms with van der Waals surface area (Å²) < 4.78 is 10.3. The lowest BCUT2D eigenvalue weighted by molar-refractivity contribution is -0.121. The molecular weight excluding hydrogens is 292 g/mol. The highest BCUT2D eigenvalue weighted by atomic mass is 32.1. The molecule has 1 aliphatic rings. The van der Waals surface area contributed by atoms with Crippen LogP contribution in [0.3, 0.4) is 0 Å². The first-order valence-corrected chi connectivity index (χ1v) is 7.71. The van der Waals surface area contributed by atoms with Gasteiger partial charge >= 0.3 is 5.97 Å². The van der Waals surface area contributed by atoms with Crippen molar-refractivity contribution in [1.29, 1.82) is 0 Å². The van der Waals surface area contributed by atoms with Crippen molar-refractivity contribution in [3.63, 3.8) is 0 Å². The number of rotatable bonds is 4. The molecule has 1 saturated heterocycles. The van der Waals surface area contributed by atoms with E-state index in [0.29, 0.717) is 10.6 Å². The van der Waals surface area contributed by atoms with E-state index in [9.17, 15) is 9.59 Å². The highest BCUT2D eigenvalue weighted by Gasteiger charge is 2.24. The molecule has 2 rings (SSSR count). The van der Waals surface area contributed by atoms with Crippen LogP contribution in [0.25, 0.3) is 0 Å². The summed E-state index contributed by atoms with van der Waals surface area (Å²) in [6.45, 7) is 5.74. The van der Waals surface area contributed by atoms with Gasteiger partial charge in [0.2, 0.25) is 5.91 Å². The third kappa shape index (κ3) is 4.26. The van der Waals surface area contributed by atoms with Crippen LogP contribution >= 0.6 is 11.3 Å². The second kappa shape index (κ2) is 7.02. The Morgan fingerprint density at radius 1 is 1.43 bits per heavy atom. The SMILES string of the molecule is COC(=O)c1ccsc1NC(=O)CN1CC(C)OC(C)C1. The lowest BCUT2D eigenvalue weighted by atomic mass is 10.2. The maximum absolute atomic E-state index is 12.1. The lowest BCUT2D eigenvalue weighted by Gasteiger charge is -2.34. The number of ether oxygens (including phenoxy) is 2. The Hall–Kier alpha value is -1.44. The molecule has 116 valence electrons. The second-order valence-corrected chi connectivity index (χ2v) is 6.07. The number of nitrogens with zero attached hydrogens (tertiary/aromatic N) is 1. The largest absolute Gasteiger partial charge is 0.465 e. The maximum Gasteiger partial charge on any atom is 0.340 e. The van der Waals surface area contributed by atoms with E-state index < -0.39 is 5.97 Å². The number of esters is 1. The molecule has 1 N–H and O–H groups in total. The van der Waals surface area contributed by atoms with Crippen molar-refractivity contribution in [3.8, 4) is 0 Å². The van der Waals surface area contributed by atoms with Gasteiger partial charge in [0, 0.05) is 13.1 Å². The number of methoxy groups -OCH3 is 1. The average molecular weight is 312 g/mol. The molecule has 1 fully saturated rings. The van der Waals surface area contributed by atoms with Crippen LogP contribution < -0.4 is 5.32 Å². The van der Waals surface area contributed by atoms with Crippen LogP contribution in [0.4, 0.5) is 5.00 Å². The van der Waals surface area contributed by atoms with E-state index in [2.05, 4.69) is 15.0 Å². The smallest absolute Gasteiger partial charge is 0.340 e. The summed E-state index contributed by atoms with van der Waals surface area (Å²) in [4.78, 5) is 25.7. The molecule has 2 heterocycles. The van der Waals surface area contributed by atoms with Crippen LogP contribution in [0, 0.1) is 0 Å². The maximum atomic E-state index is 12.1. The molecule has 1 aliphatic heterocycles. The highest BCUT2D eigenvalue weighted by Crippen LogP contribution is 2.24. The Morgan fingerprint density at radius 3 is 2.71 bits per heavy atom. The fourth-order valence-corrected chi connectivity index (χ4v) is 3.25. The van der Waals surface area contributed by atoms with Gasteiger partial charge in [-0.15, -0.1) is 11.3 Å². The monoisotopic (exact) mass is 312 g/mol. The number of thiophene rings is 1. The molecule has 1 aromatic heterocycles. The number of carbonyl (C=O) groups is 2. The third-order valence-electron chi connectivity index (χ3n) is 3.19. The van der Waals surface area contributed by atoms with Gasteiger partial charge in [0.1, 0.15) is 5.00 Å². The Bertz CT molecular complexity index is 507. The van der Waals surface area contributed by atoms with Crippen molar-refractivity contribution in [1.82, 2.24) is 4.90 Å². The van der Waals surface area contributed by atoms with Gasteiger partial charge in [0.15, 0.2) is 0 Å². The van der Waals surface area contributed by atoms with Gasteiger partial charge in [-0.05, 0) is 25.3 Å². The topological polar surface area (TPSA) is 67.9 Å². The Balaban J connectivity index is 1.93. The Morgan fingerprint density at radius 2 is 2.10 bits per heavy atom. The average Bonchev–Trinajstić information content (AvgIpc) is 2.84. The van der Waals surface area contributed by atoms with Crippen LogP contribution in [-0.2, 0) is 14.3 Å². The van der Waals surface area contributed by atoms with E-state index in [4.69, 9.17) is 4.74 Å². The molecule has 21 heavy (non-hydrogen) atoms. The summed E-state index contributed by atoms with van der Waals surface area (Å²) in [5, 5.41) is 5.06. The summed E-state index contributed by atoms with van der Waals surface area (Å²) in [5.41, 5.74) is 0.388. The highest BCUT2D eigenvalue weighted by molar-refractivity contribution is 7.14. The fourth-order valence-electron chi connectivity index (χ4n) is 2.46. The number of hydrogen-bond donors (Lipinski definition) is 1. The molecular formula is C14H20N2O4S. The fraction of sp³-hybridized carbons (Fsp3) is 0.571. The molecule has 0 spiro atoms. The number of anilines is 1. The van der Waals surface area contributed by atoms with Gasteiger partial charge in [-0.2, -0.15) is 0 Å². The summed E-state index contributed by atoms with van der Waals surface area (Å²) >= 11 is 1.31. The first kappa shape index (κ1) is 15.9. The van der Waals surface area contributed by atoms with Crippen molar-refractivity contribution in [2.75, 3.05) is 32.1 Å². The zero-order valence-electron chi connectivity index (χ0n) is 12.4. The quantitative estimate of drug-likeness (QED) is 0.855. The van der Waals surface area contributed by atoms with Gasteiger partial charge < -0.3 is 14.8 Å². The van der Waals surface area contributed by atoms with Crippen molar-refractivity contribution >= 4 is 28.2 Å². The minimum atomic E-state index is -0.444. The molecule has 0 aliphatic carbocycles. The van der Waals surface area contributed by atoms with E-state index in [1.807, 2.05) is 13.8 Å². The predicted octanol–water partition coefficient (Wildman–Crippen LogP) is 1.58. The van der Waals surface area contributed by atoms with Crippen molar-refractivity contribution in [2.45, 2.75) is 26.1 Å². The van der Waals surface area contributed by atoms with Crippen LogP contribution in [0.15, 0.2) is 11.4 Å². The van der Waals surface area contributed by atoms with Gasteiger partial charge in [-0.1, -0.05) is 0 Å². The molecule has 7 heteroatoms. The normalized spacial score (nSPS) is 22.8. The van der Waals surface area contributed by atoms with Crippen LogP contribution in [-0.4, -0.2) is 55.7 Å². The summed E-state index contributed by atoms with van der Waals surface area (Å²) in [6.07, 6.45) is 0.239. The van der Waals surface area contributed by atoms with Gasteiger partial charge in [0.05, 0.1) is 31.4 Å². The molecule has 2 atom stereocenters. The molecule has 0 bridgehead atoms. The van der Waals surface area contributed by atoms with E-state index >= 15 is 0 Å². The molecule has 6 nitrogen and oxygen atoms in total. The van der Waals surface area contributed by atoms with Gasteiger partial charge in [-0.3, -0.25) is 9.69 Å². The van der Waals surface area contributed by atoms with Gasteiger partial charge in [-0.25, -0.2) is 4.79 Å². The number of amides is 1. The van der Waals surface area contributed by atoms with E-state index in [1.54, 1.807) is 11.4 Å². The van der Waals surface area contributed by atoms with E-state index in [-0.39, 0.29) is 24.7 Å². The number of nitrogens with one attached hydrogen (secondary N) is 1. The standard InChI is InChI=1S/C14H20N2O4S/c1-9-6-16(7-10(2)20-9)8-12(17)15-13-11(4-5-21-13)14(18)19-3/h4-5,9-10H,6-8H2,1-3H3,(H,15,17). The molecule has 1 aromatic rings. The molecule has 1 amide bonds. The predicted molar refractivity (Wildman–Crippen MR) is 80.7 cm³/mol. The molecule has 0 radical (unpaired) electrons. The first-order chi connectivity index (χ1) is 9.99. The van der Waals surface area contributed by atoms with Crippen molar-refractivity contribution < 1.29 is 19.1 Å². The molecule has 2 unspecified atom stereocenters. The zero-order chi connectivity index (χ0) is 15.4. The second-order valence-electron chi connectivity index (χ2n) is 5.15. The van der Waals surface area contributed by atoms with E-state index in [0.717, 1.165) is 13.1 Å². The van der Waals surface area contributed by atoms with E-state index in [1.165, 1.54) is 18.4 Å². The summed E-state index contributed by atoms with van der Waals surface area (Å²) in [5.74, 6) is -0.580. The Kier molecular flexibility index (Phi) is 5.33. The van der Waals surface area contributed by atoms with Crippen LogP contribution in [0.2, 0.25) is 0 Å². The Labute approximate surface area is 128 Å². The van der Waals surface area contributed by atoms with Crippen molar-refractivity contribution in [3.05, 3.63) is 17.0 Å². The van der Waals surface area contributed by atoms with Crippen molar-refractivity contribution in [2.24, 2.45) is 0 Å². The minimum absolute atomic E-state index is 0.119. The number of carbonyl (C=O) groups excluding carboxylic acids is 2. The molecule has 0 aromatic carbocycles. The van der Waals surface area contributed by atoms with Crippen LogP contribution in [0.1, 0.15) is 24.2 Å². The minimum Gasteiger partial charge on any atom is -0.465 e. The summed E-state index contributed by atoms with van der Waals surface area (Å²) in [6, 6.07) is 1.64. The molecule has 0 saturated carbocycles. The zero-order valence-corrected chi connectivity index (χ0v) is 13.2. The van der Waals surface area contributed by atoms with Gasteiger partial charge in [0.25, 0.3) is 0 Å². The summed E-state index contributed by atoms with van der Waals surface area (Å²) in [7, 11) is 1.32. The number of morpholine rings is 1. The van der Waals surface area contributed by atoms with Crippen LogP contribution in [0.5, 0.6) is 0 Å². The lowest BCUT2D eigenvalue weighted by Crippen LogP contribution is -2.48. The third-order valence-corrected chi connectivity index (χ3v) is 4.02.